The first-order valence-corrected chi connectivity index (χ1v) is 8.07. The van der Waals surface area contributed by atoms with Crippen LogP contribution in [0.3, 0.4) is 0 Å². The number of rotatable bonds is 3. The van der Waals surface area contributed by atoms with Crippen LogP contribution < -0.4 is 4.72 Å². The lowest BCUT2D eigenvalue weighted by atomic mass is 10.3. The number of aromatic nitrogens is 1. The Kier molecular flexibility index (Phi) is 4.66. The Morgan fingerprint density at radius 2 is 1.60 bits per heavy atom. The number of sulfonamides is 1. The van der Waals surface area contributed by atoms with Crippen LogP contribution in [0.1, 0.15) is 0 Å². The number of nitrogens with zero attached hydrogens (tertiary/aromatic N) is 1. The van der Waals surface area contributed by atoms with E-state index in [0.29, 0.717) is 5.02 Å². The van der Waals surface area contributed by atoms with Crippen molar-refractivity contribution in [2.75, 3.05) is 4.72 Å². The Morgan fingerprint density at radius 1 is 1.00 bits per heavy atom. The predicted octanol–water partition coefficient (Wildman–Crippen LogP) is 4.50. The minimum atomic E-state index is -3.96. The van der Waals surface area contributed by atoms with Crippen molar-refractivity contribution in [3.8, 4) is 0 Å². The van der Waals surface area contributed by atoms with Crippen LogP contribution in [0, 0.1) is 0 Å². The fourth-order valence-electron chi connectivity index (χ4n) is 1.39. The molecule has 1 aromatic carbocycles. The second-order valence-electron chi connectivity index (χ2n) is 3.66. The SMILES string of the molecule is O=S(=O)(Nc1c(Cl)cc(Cl)cc1Cl)c1cnccc1Cl. The maximum Gasteiger partial charge on any atom is 0.265 e. The van der Waals surface area contributed by atoms with E-state index in [1.54, 1.807) is 0 Å². The van der Waals surface area contributed by atoms with E-state index in [4.69, 9.17) is 46.4 Å². The topological polar surface area (TPSA) is 59.1 Å². The number of halogens is 4. The summed E-state index contributed by atoms with van der Waals surface area (Å²) in [6.07, 6.45) is 2.51. The van der Waals surface area contributed by atoms with Crippen molar-refractivity contribution in [1.29, 1.82) is 0 Å². The molecule has 0 radical (unpaired) electrons. The van der Waals surface area contributed by atoms with E-state index in [1.165, 1.54) is 24.4 Å². The molecule has 20 heavy (non-hydrogen) atoms. The molecule has 0 aliphatic heterocycles. The van der Waals surface area contributed by atoms with Crippen LogP contribution in [0.4, 0.5) is 5.69 Å². The molecule has 0 atom stereocenters. The van der Waals surface area contributed by atoms with E-state index in [9.17, 15) is 8.42 Å². The van der Waals surface area contributed by atoms with Crippen LogP contribution in [-0.2, 0) is 10.0 Å². The number of benzene rings is 1. The van der Waals surface area contributed by atoms with Crippen LogP contribution in [0.2, 0.25) is 20.1 Å². The Labute approximate surface area is 135 Å². The molecule has 0 saturated carbocycles. The van der Waals surface area contributed by atoms with Gasteiger partial charge in [0.15, 0.2) is 0 Å². The van der Waals surface area contributed by atoms with Crippen LogP contribution >= 0.6 is 46.4 Å². The van der Waals surface area contributed by atoms with Crippen molar-refractivity contribution in [3.63, 3.8) is 0 Å². The van der Waals surface area contributed by atoms with E-state index in [1.807, 2.05) is 0 Å². The highest BCUT2D eigenvalue weighted by atomic mass is 35.5. The molecule has 0 fully saturated rings. The molecule has 2 aromatic rings. The van der Waals surface area contributed by atoms with Gasteiger partial charge in [-0.3, -0.25) is 9.71 Å². The van der Waals surface area contributed by atoms with Crippen molar-refractivity contribution in [2.24, 2.45) is 0 Å². The molecule has 0 unspecified atom stereocenters. The minimum Gasteiger partial charge on any atom is -0.276 e. The van der Waals surface area contributed by atoms with Crippen LogP contribution in [-0.4, -0.2) is 13.4 Å². The zero-order chi connectivity index (χ0) is 14.9. The summed E-state index contributed by atoms with van der Waals surface area (Å²) >= 11 is 23.4. The van der Waals surface area contributed by atoms with Gasteiger partial charge in [-0.1, -0.05) is 46.4 Å². The first kappa shape index (κ1) is 15.7. The third-order valence-corrected chi connectivity index (χ3v) is 4.90. The minimum absolute atomic E-state index is 0.0256. The summed E-state index contributed by atoms with van der Waals surface area (Å²) in [5.74, 6) is 0. The predicted molar refractivity (Wildman–Crippen MR) is 81.5 cm³/mol. The quantitative estimate of drug-likeness (QED) is 0.864. The molecule has 9 heteroatoms. The summed E-state index contributed by atoms with van der Waals surface area (Å²) in [4.78, 5) is 3.54. The Bertz CT molecular complexity index is 742. The lowest BCUT2D eigenvalue weighted by Gasteiger charge is -2.12. The highest BCUT2D eigenvalue weighted by Gasteiger charge is 2.21. The van der Waals surface area contributed by atoms with E-state index >= 15 is 0 Å². The van der Waals surface area contributed by atoms with E-state index < -0.39 is 10.0 Å². The largest absolute Gasteiger partial charge is 0.276 e. The van der Waals surface area contributed by atoms with Gasteiger partial charge in [0.05, 0.1) is 20.8 Å². The second-order valence-corrected chi connectivity index (χ2v) is 6.96. The summed E-state index contributed by atoms with van der Waals surface area (Å²) in [5.41, 5.74) is 0.0256. The van der Waals surface area contributed by atoms with Crippen molar-refractivity contribution >= 4 is 62.1 Å². The number of nitrogens with one attached hydrogen (secondary N) is 1. The van der Waals surface area contributed by atoms with Gasteiger partial charge in [-0.25, -0.2) is 8.42 Å². The van der Waals surface area contributed by atoms with Crippen molar-refractivity contribution in [3.05, 3.63) is 50.7 Å². The Morgan fingerprint density at radius 3 is 2.15 bits per heavy atom. The first-order chi connectivity index (χ1) is 9.31. The van der Waals surface area contributed by atoms with Crippen molar-refractivity contribution in [1.82, 2.24) is 4.98 Å². The molecule has 0 spiro atoms. The highest BCUT2D eigenvalue weighted by molar-refractivity contribution is 7.92. The van der Waals surface area contributed by atoms with Gasteiger partial charge in [0.25, 0.3) is 10.0 Å². The molecule has 106 valence electrons. The summed E-state index contributed by atoms with van der Waals surface area (Å²) in [7, 11) is -3.96. The van der Waals surface area contributed by atoms with Gasteiger partial charge in [0, 0.05) is 17.4 Å². The van der Waals surface area contributed by atoms with Gasteiger partial charge in [0.1, 0.15) is 4.90 Å². The molecule has 4 nitrogen and oxygen atoms in total. The van der Waals surface area contributed by atoms with Crippen LogP contribution in [0.15, 0.2) is 35.5 Å². The fraction of sp³-hybridized carbons (Fsp3) is 0. The summed E-state index contributed by atoms with van der Waals surface area (Å²) in [5, 5.41) is 0.480. The lowest BCUT2D eigenvalue weighted by Crippen LogP contribution is -2.14. The number of hydrogen-bond acceptors (Lipinski definition) is 3. The van der Waals surface area contributed by atoms with Gasteiger partial charge in [-0.2, -0.15) is 0 Å². The molecule has 1 aromatic heterocycles. The average Bonchev–Trinajstić information content (AvgIpc) is 2.34. The molecular weight excluding hydrogens is 366 g/mol. The number of hydrogen-bond donors (Lipinski definition) is 1. The smallest absolute Gasteiger partial charge is 0.265 e. The Balaban J connectivity index is 2.47. The molecule has 0 amide bonds. The Hall–Kier alpha value is -0.720. The van der Waals surface area contributed by atoms with Gasteiger partial charge in [0.2, 0.25) is 0 Å². The van der Waals surface area contributed by atoms with Crippen LogP contribution in [0.25, 0.3) is 0 Å². The molecule has 2 rings (SSSR count). The maximum absolute atomic E-state index is 12.2. The van der Waals surface area contributed by atoms with E-state index in [2.05, 4.69) is 9.71 Å². The lowest BCUT2D eigenvalue weighted by molar-refractivity contribution is 0.601. The third-order valence-electron chi connectivity index (χ3n) is 2.27. The first-order valence-electron chi connectivity index (χ1n) is 5.08. The summed E-state index contributed by atoms with van der Waals surface area (Å²) < 4.78 is 26.7. The summed E-state index contributed by atoms with van der Waals surface area (Å²) in [6, 6.07) is 4.11. The normalized spacial score (nSPS) is 11.4. The standard InChI is InChI=1S/C11H6Cl4N2O2S/c12-6-3-8(14)11(9(15)4-6)17-20(18,19)10-5-16-2-1-7(10)13/h1-5,17H. The molecule has 1 heterocycles. The van der Waals surface area contributed by atoms with Crippen molar-refractivity contribution in [2.45, 2.75) is 4.90 Å². The molecule has 0 aliphatic carbocycles. The molecule has 0 aliphatic rings. The molecule has 0 saturated heterocycles. The van der Waals surface area contributed by atoms with Crippen LogP contribution in [0.5, 0.6) is 0 Å². The second kappa shape index (κ2) is 5.95. The van der Waals surface area contributed by atoms with Gasteiger partial charge in [-0.15, -0.1) is 0 Å². The van der Waals surface area contributed by atoms with E-state index in [-0.39, 0.29) is 25.7 Å². The molecule has 0 bridgehead atoms. The number of anilines is 1. The zero-order valence-electron chi connectivity index (χ0n) is 9.57. The van der Waals surface area contributed by atoms with Gasteiger partial charge in [-0.05, 0) is 18.2 Å². The third kappa shape index (κ3) is 3.30. The average molecular weight is 372 g/mol. The van der Waals surface area contributed by atoms with E-state index in [0.717, 1.165) is 6.20 Å². The van der Waals surface area contributed by atoms with Crippen molar-refractivity contribution < 1.29 is 8.42 Å². The number of pyridine rings is 1. The molecule has 1 N–H and O–H groups in total. The van der Waals surface area contributed by atoms with Gasteiger partial charge < -0.3 is 0 Å². The summed E-state index contributed by atoms with van der Waals surface area (Å²) in [6.45, 7) is 0. The highest BCUT2D eigenvalue weighted by Crippen LogP contribution is 2.35. The maximum atomic E-state index is 12.2. The zero-order valence-corrected chi connectivity index (χ0v) is 13.4. The monoisotopic (exact) mass is 370 g/mol. The van der Waals surface area contributed by atoms with Gasteiger partial charge >= 0.3 is 0 Å². The fourth-order valence-corrected chi connectivity index (χ4v) is 3.95. The molecular formula is C11H6Cl4N2O2S.